The van der Waals surface area contributed by atoms with Crippen molar-refractivity contribution in [1.82, 2.24) is 0 Å². The van der Waals surface area contributed by atoms with Crippen LogP contribution in [0.15, 0.2) is 91.0 Å². The van der Waals surface area contributed by atoms with E-state index >= 15 is 0 Å². The smallest absolute Gasteiger partial charge is 0.150 e. The highest BCUT2D eigenvalue weighted by Crippen LogP contribution is 2.47. The lowest BCUT2D eigenvalue weighted by atomic mass is 9.97. The molecular weight excluding hydrogens is 308 g/mol. The van der Waals surface area contributed by atoms with Gasteiger partial charge in [-0.05, 0) is 28.8 Å². The van der Waals surface area contributed by atoms with Gasteiger partial charge in [0.25, 0.3) is 0 Å². The highest BCUT2D eigenvalue weighted by atomic mass is 16.6. The molecule has 1 spiro atoms. The molecule has 3 aromatic rings. The molecular formula is C23H18O2. The van der Waals surface area contributed by atoms with Gasteiger partial charge in [0.2, 0.25) is 0 Å². The van der Waals surface area contributed by atoms with Crippen molar-refractivity contribution in [2.75, 3.05) is 6.61 Å². The third-order valence-corrected chi connectivity index (χ3v) is 5.01. The molecule has 3 aromatic carbocycles. The number of hydrogen-bond donors (Lipinski definition) is 0. The largest absolute Gasteiger partial charge is 0.489 e. The van der Waals surface area contributed by atoms with Gasteiger partial charge < -0.3 is 9.47 Å². The van der Waals surface area contributed by atoms with E-state index in [2.05, 4.69) is 66.7 Å². The molecule has 2 heterocycles. The molecule has 0 fully saturated rings. The summed E-state index contributed by atoms with van der Waals surface area (Å²) in [5, 5.41) is 0. The van der Waals surface area contributed by atoms with Crippen LogP contribution in [0.2, 0.25) is 0 Å². The molecule has 0 radical (unpaired) electrons. The minimum Gasteiger partial charge on any atom is -0.489 e. The van der Waals surface area contributed by atoms with Crippen molar-refractivity contribution in [2.24, 2.45) is 0 Å². The number of para-hydroxylation sites is 1. The fourth-order valence-corrected chi connectivity index (χ4v) is 3.66. The van der Waals surface area contributed by atoms with Gasteiger partial charge in [-0.15, -0.1) is 0 Å². The Balaban J connectivity index is 1.41. The lowest BCUT2D eigenvalue weighted by molar-refractivity contribution is -0.0390. The topological polar surface area (TPSA) is 18.5 Å². The second-order valence-electron chi connectivity index (χ2n) is 6.56. The number of ether oxygens (including phenoxy) is 2. The maximum Gasteiger partial charge on any atom is 0.150 e. The normalized spacial score (nSPS) is 23.6. The molecule has 0 aliphatic carbocycles. The Morgan fingerprint density at radius 2 is 1.48 bits per heavy atom. The zero-order valence-electron chi connectivity index (χ0n) is 13.8. The molecule has 2 aliphatic heterocycles. The van der Waals surface area contributed by atoms with Crippen LogP contribution in [-0.4, -0.2) is 6.61 Å². The minimum absolute atomic E-state index is 0.0421. The van der Waals surface area contributed by atoms with E-state index in [1.54, 1.807) is 0 Å². The first-order chi connectivity index (χ1) is 12.3. The van der Waals surface area contributed by atoms with Gasteiger partial charge in [-0.2, -0.15) is 0 Å². The maximum atomic E-state index is 6.43. The van der Waals surface area contributed by atoms with Crippen molar-refractivity contribution in [2.45, 2.75) is 11.7 Å². The Morgan fingerprint density at radius 1 is 0.760 bits per heavy atom. The molecule has 0 N–H and O–H groups in total. The molecule has 0 bridgehead atoms. The number of hydrogen-bond acceptors (Lipinski definition) is 2. The predicted octanol–water partition coefficient (Wildman–Crippen LogP) is 5.27. The van der Waals surface area contributed by atoms with E-state index < -0.39 is 5.60 Å². The molecule has 122 valence electrons. The Kier molecular flexibility index (Phi) is 3.25. The molecule has 2 heteroatoms. The predicted molar refractivity (Wildman–Crippen MR) is 98.5 cm³/mol. The van der Waals surface area contributed by atoms with E-state index in [9.17, 15) is 0 Å². The Bertz CT molecular complexity index is 928. The lowest BCUT2D eigenvalue weighted by Gasteiger charge is -2.23. The average molecular weight is 326 g/mol. The molecule has 0 saturated heterocycles. The van der Waals surface area contributed by atoms with Crippen LogP contribution in [0, 0.1) is 0 Å². The highest BCUT2D eigenvalue weighted by Gasteiger charge is 2.44. The molecule has 0 unspecified atom stereocenters. The number of benzene rings is 3. The van der Waals surface area contributed by atoms with Crippen LogP contribution >= 0.6 is 0 Å². The average Bonchev–Trinajstić information content (AvgIpc) is 3.28. The van der Waals surface area contributed by atoms with E-state index in [4.69, 9.17) is 9.47 Å². The lowest BCUT2D eigenvalue weighted by Crippen LogP contribution is -2.26. The van der Waals surface area contributed by atoms with Crippen molar-refractivity contribution < 1.29 is 9.47 Å². The van der Waals surface area contributed by atoms with Crippen LogP contribution in [0.25, 0.3) is 11.1 Å². The fraction of sp³-hybridized carbons (Fsp3) is 0.130. The number of fused-ring (bicyclic) bond motifs is 2. The Morgan fingerprint density at radius 3 is 2.32 bits per heavy atom. The van der Waals surface area contributed by atoms with Crippen molar-refractivity contribution in [3.63, 3.8) is 0 Å². The second kappa shape index (κ2) is 5.61. The van der Waals surface area contributed by atoms with Gasteiger partial charge in [0, 0.05) is 5.56 Å². The second-order valence-corrected chi connectivity index (χ2v) is 6.56. The summed E-state index contributed by atoms with van der Waals surface area (Å²) in [6, 6.07) is 27.2. The SMILES string of the molecule is C1=C[C@@]2(COc3ccccc32)O[C@H]1c1ccc(-c2ccccc2)cc1. The summed E-state index contributed by atoms with van der Waals surface area (Å²) < 4.78 is 12.3. The quantitative estimate of drug-likeness (QED) is 0.597. The molecule has 5 rings (SSSR count). The van der Waals surface area contributed by atoms with E-state index in [1.165, 1.54) is 11.1 Å². The van der Waals surface area contributed by atoms with Crippen molar-refractivity contribution in [1.29, 1.82) is 0 Å². The third kappa shape index (κ3) is 2.38. The van der Waals surface area contributed by atoms with Gasteiger partial charge in [0.05, 0.1) is 0 Å². The first kappa shape index (κ1) is 14.5. The third-order valence-electron chi connectivity index (χ3n) is 5.01. The summed E-state index contributed by atoms with van der Waals surface area (Å²) in [5.41, 5.74) is 4.29. The van der Waals surface area contributed by atoms with Crippen LogP contribution in [0.1, 0.15) is 17.2 Å². The highest BCUT2D eigenvalue weighted by molar-refractivity contribution is 5.63. The van der Waals surface area contributed by atoms with Crippen LogP contribution in [0.3, 0.4) is 0 Å². The zero-order chi connectivity index (χ0) is 16.7. The summed E-state index contributed by atoms with van der Waals surface area (Å²) in [6.45, 7) is 0.543. The molecule has 2 nitrogen and oxygen atoms in total. The molecule has 0 amide bonds. The van der Waals surface area contributed by atoms with Crippen molar-refractivity contribution in [3.8, 4) is 16.9 Å². The summed E-state index contributed by atoms with van der Waals surface area (Å²) in [5.74, 6) is 0.923. The van der Waals surface area contributed by atoms with E-state index in [0.29, 0.717) is 6.61 Å². The molecule has 0 aromatic heterocycles. The Labute approximate surface area is 147 Å². The van der Waals surface area contributed by atoms with Gasteiger partial charge in [0.1, 0.15) is 24.1 Å². The van der Waals surface area contributed by atoms with Crippen LogP contribution in [0.5, 0.6) is 5.75 Å². The molecule has 25 heavy (non-hydrogen) atoms. The number of rotatable bonds is 2. The molecule has 0 saturated carbocycles. The van der Waals surface area contributed by atoms with Gasteiger partial charge >= 0.3 is 0 Å². The molecule has 2 atom stereocenters. The molecule has 2 aliphatic rings. The van der Waals surface area contributed by atoms with Crippen LogP contribution in [0.4, 0.5) is 0 Å². The monoisotopic (exact) mass is 326 g/mol. The van der Waals surface area contributed by atoms with Crippen molar-refractivity contribution in [3.05, 3.63) is 102 Å². The van der Waals surface area contributed by atoms with E-state index in [-0.39, 0.29) is 6.10 Å². The van der Waals surface area contributed by atoms with Crippen LogP contribution < -0.4 is 4.74 Å². The minimum atomic E-state index is -0.445. The zero-order valence-corrected chi connectivity index (χ0v) is 13.8. The standard InChI is InChI=1S/C23H18O2/c1-2-6-17(7-3-1)18-10-12-19(13-11-18)21-14-15-23(25-21)16-24-22-9-5-4-8-20(22)23/h1-15,21H,16H2/t21-,23+/m1/s1. The first-order valence-corrected chi connectivity index (χ1v) is 8.59. The van der Waals surface area contributed by atoms with Gasteiger partial charge in [-0.25, -0.2) is 0 Å². The van der Waals surface area contributed by atoms with Gasteiger partial charge in [-0.1, -0.05) is 78.9 Å². The fourth-order valence-electron chi connectivity index (χ4n) is 3.66. The summed E-state index contributed by atoms with van der Waals surface area (Å²) in [4.78, 5) is 0. The van der Waals surface area contributed by atoms with Crippen molar-refractivity contribution >= 4 is 0 Å². The van der Waals surface area contributed by atoms with Crippen LogP contribution in [-0.2, 0) is 10.3 Å². The Hall–Kier alpha value is -2.84. The van der Waals surface area contributed by atoms with Gasteiger partial charge in [-0.3, -0.25) is 0 Å². The van der Waals surface area contributed by atoms with E-state index in [0.717, 1.165) is 16.9 Å². The van der Waals surface area contributed by atoms with Gasteiger partial charge in [0.15, 0.2) is 0 Å². The summed E-state index contributed by atoms with van der Waals surface area (Å²) >= 11 is 0. The first-order valence-electron chi connectivity index (χ1n) is 8.59. The van der Waals surface area contributed by atoms with E-state index in [1.807, 2.05) is 24.3 Å². The summed E-state index contributed by atoms with van der Waals surface area (Å²) in [7, 11) is 0. The summed E-state index contributed by atoms with van der Waals surface area (Å²) in [6.07, 6.45) is 4.25. The maximum absolute atomic E-state index is 6.43.